The van der Waals surface area contributed by atoms with E-state index in [4.69, 9.17) is 0 Å². The molecule has 0 spiro atoms. The zero-order valence-electron chi connectivity index (χ0n) is 8.31. The maximum Gasteiger partial charge on any atom is 0.0258 e. The highest BCUT2D eigenvalue weighted by Gasteiger charge is 1.93. The fraction of sp³-hybridized carbons (Fsp3) is 0.700. The second kappa shape index (κ2) is 5.11. The number of aliphatic imine (C=N–C) groups is 1. The predicted molar refractivity (Wildman–Crippen MR) is 52.0 cm³/mol. The molecule has 0 saturated heterocycles. The Hall–Kier alpha value is -0.590. The van der Waals surface area contributed by atoms with Crippen molar-refractivity contribution < 1.29 is 0 Å². The lowest BCUT2D eigenvalue weighted by molar-refractivity contribution is 0.766. The Kier molecular flexibility index (Phi) is 4.84. The van der Waals surface area contributed by atoms with Gasteiger partial charge in [0.2, 0.25) is 0 Å². The van der Waals surface area contributed by atoms with Crippen LogP contribution in [0, 0.1) is 5.92 Å². The number of rotatable bonds is 3. The van der Waals surface area contributed by atoms with E-state index >= 15 is 0 Å². The van der Waals surface area contributed by atoms with Crippen molar-refractivity contribution in [3.8, 4) is 0 Å². The van der Waals surface area contributed by atoms with Crippen molar-refractivity contribution in [3.63, 3.8) is 0 Å². The van der Waals surface area contributed by atoms with Gasteiger partial charge in [0.05, 0.1) is 0 Å². The number of nitrogens with zero attached hydrogens (tertiary/aromatic N) is 1. The third-order valence-corrected chi connectivity index (χ3v) is 1.91. The van der Waals surface area contributed by atoms with Crippen molar-refractivity contribution in [2.24, 2.45) is 10.9 Å². The summed E-state index contributed by atoms with van der Waals surface area (Å²) in [6, 6.07) is 0. The molecule has 0 heterocycles. The highest BCUT2D eigenvalue weighted by atomic mass is 14.7. The summed E-state index contributed by atoms with van der Waals surface area (Å²) in [6.45, 7) is 10.7. The van der Waals surface area contributed by atoms with Crippen LogP contribution in [0.5, 0.6) is 0 Å². The molecule has 0 aliphatic rings. The molecule has 0 bridgehead atoms. The lowest BCUT2D eigenvalue weighted by Crippen LogP contribution is -1.89. The molecular formula is C10H19N. The minimum absolute atomic E-state index is 0.614. The van der Waals surface area contributed by atoms with Crippen molar-refractivity contribution in [2.45, 2.75) is 41.0 Å². The molecule has 0 N–H and O–H groups in total. The zero-order valence-corrected chi connectivity index (χ0v) is 8.31. The Balaban J connectivity index is 4.11. The molecule has 0 atom stereocenters. The molecule has 0 aromatic carbocycles. The molecule has 0 amide bonds. The number of allylic oxidation sites excluding steroid dienone is 1. The van der Waals surface area contributed by atoms with Gasteiger partial charge in [0.1, 0.15) is 0 Å². The molecule has 0 rings (SSSR count). The largest absolute Gasteiger partial charge is 0.266 e. The van der Waals surface area contributed by atoms with Crippen LogP contribution >= 0.6 is 0 Å². The molecule has 1 heteroatoms. The standard InChI is InChI=1S/C10H19N/c1-6-10(5)11-7-9(4)8(2)3/h7-8H,6H2,1-5H3/b9-7+,11-10?. The normalized spacial score (nSPS) is 14.4. The average Bonchev–Trinajstić information content (AvgIpc) is 1.99. The van der Waals surface area contributed by atoms with E-state index in [0.717, 1.165) is 6.42 Å². The van der Waals surface area contributed by atoms with E-state index in [0.29, 0.717) is 5.92 Å². The van der Waals surface area contributed by atoms with E-state index in [2.05, 4.69) is 39.6 Å². The lowest BCUT2D eigenvalue weighted by Gasteiger charge is -2.01. The smallest absolute Gasteiger partial charge is 0.0258 e. The number of hydrogen-bond donors (Lipinski definition) is 0. The highest BCUT2D eigenvalue weighted by molar-refractivity contribution is 5.82. The third-order valence-electron chi connectivity index (χ3n) is 1.91. The predicted octanol–water partition coefficient (Wildman–Crippen LogP) is 3.42. The van der Waals surface area contributed by atoms with Gasteiger partial charge in [-0.3, -0.25) is 4.99 Å². The van der Waals surface area contributed by atoms with Gasteiger partial charge in [-0.15, -0.1) is 0 Å². The van der Waals surface area contributed by atoms with Crippen LogP contribution < -0.4 is 0 Å². The monoisotopic (exact) mass is 153 g/mol. The van der Waals surface area contributed by atoms with E-state index in [9.17, 15) is 0 Å². The van der Waals surface area contributed by atoms with Gasteiger partial charge in [-0.2, -0.15) is 0 Å². The Morgan fingerprint density at radius 3 is 2.27 bits per heavy atom. The fourth-order valence-electron chi connectivity index (χ4n) is 0.452. The summed E-state index contributed by atoms with van der Waals surface area (Å²) in [5.74, 6) is 0.614. The van der Waals surface area contributed by atoms with Gasteiger partial charge in [0.25, 0.3) is 0 Å². The van der Waals surface area contributed by atoms with Gasteiger partial charge in [0.15, 0.2) is 0 Å². The maximum absolute atomic E-state index is 4.32. The molecular weight excluding hydrogens is 134 g/mol. The Morgan fingerprint density at radius 1 is 1.36 bits per heavy atom. The second-order valence-electron chi connectivity index (χ2n) is 3.25. The van der Waals surface area contributed by atoms with Crippen LogP contribution in [-0.4, -0.2) is 5.71 Å². The fourth-order valence-corrected chi connectivity index (χ4v) is 0.452. The minimum atomic E-state index is 0.614. The zero-order chi connectivity index (χ0) is 8.85. The van der Waals surface area contributed by atoms with Gasteiger partial charge in [0, 0.05) is 11.9 Å². The molecule has 1 nitrogen and oxygen atoms in total. The summed E-state index contributed by atoms with van der Waals surface area (Å²) in [4.78, 5) is 4.32. The molecule has 64 valence electrons. The van der Waals surface area contributed by atoms with E-state index in [1.807, 2.05) is 6.20 Å². The second-order valence-corrected chi connectivity index (χ2v) is 3.25. The number of hydrogen-bond acceptors (Lipinski definition) is 1. The minimum Gasteiger partial charge on any atom is -0.266 e. The third kappa shape index (κ3) is 4.77. The van der Waals surface area contributed by atoms with Gasteiger partial charge in [-0.1, -0.05) is 26.3 Å². The average molecular weight is 153 g/mol. The van der Waals surface area contributed by atoms with Crippen LogP contribution in [0.1, 0.15) is 41.0 Å². The summed E-state index contributed by atoms with van der Waals surface area (Å²) in [5, 5.41) is 0. The van der Waals surface area contributed by atoms with E-state index in [1.54, 1.807) is 0 Å². The van der Waals surface area contributed by atoms with E-state index < -0.39 is 0 Å². The molecule has 0 aliphatic carbocycles. The first-order chi connectivity index (χ1) is 5.07. The SMILES string of the molecule is CCC(C)=N/C=C(\C)C(C)C. The van der Waals surface area contributed by atoms with Crippen LogP contribution in [0.3, 0.4) is 0 Å². The van der Waals surface area contributed by atoms with Crippen molar-refractivity contribution >= 4 is 5.71 Å². The van der Waals surface area contributed by atoms with Gasteiger partial charge >= 0.3 is 0 Å². The quantitative estimate of drug-likeness (QED) is 0.551. The first-order valence-corrected chi connectivity index (χ1v) is 4.27. The first-order valence-electron chi connectivity index (χ1n) is 4.27. The molecule has 0 aromatic heterocycles. The van der Waals surface area contributed by atoms with Crippen LogP contribution in [0.15, 0.2) is 16.8 Å². The van der Waals surface area contributed by atoms with E-state index in [-0.39, 0.29) is 0 Å². The highest BCUT2D eigenvalue weighted by Crippen LogP contribution is 2.07. The Labute approximate surface area is 70.2 Å². The first kappa shape index (κ1) is 10.4. The summed E-state index contributed by atoms with van der Waals surface area (Å²) < 4.78 is 0. The van der Waals surface area contributed by atoms with Gasteiger partial charge in [-0.05, 0) is 26.2 Å². The van der Waals surface area contributed by atoms with Gasteiger partial charge in [-0.25, -0.2) is 0 Å². The van der Waals surface area contributed by atoms with Crippen molar-refractivity contribution in [3.05, 3.63) is 11.8 Å². The molecule has 0 unspecified atom stereocenters. The van der Waals surface area contributed by atoms with Crippen LogP contribution in [0.25, 0.3) is 0 Å². The Bertz CT molecular complexity index is 164. The van der Waals surface area contributed by atoms with Crippen molar-refractivity contribution in [1.29, 1.82) is 0 Å². The van der Waals surface area contributed by atoms with Crippen molar-refractivity contribution in [2.75, 3.05) is 0 Å². The molecule has 0 aliphatic heterocycles. The van der Waals surface area contributed by atoms with Crippen LogP contribution in [-0.2, 0) is 0 Å². The summed E-state index contributed by atoms with van der Waals surface area (Å²) in [5.41, 5.74) is 2.54. The van der Waals surface area contributed by atoms with E-state index in [1.165, 1.54) is 11.3 Å². The molecule has 0 radical (unpaired) electrons. The maximum atomic E-state index is 4.32. The summed E-state index contributed by atoms with van der Waals surface area (Å²) in [7, 11) is 0. The van der Waals surface area contributed by atoms with Crippen molar-refractivity contribution in [1.82, 2.24) is 0 Å². The molecule has 0 fully saturated rings. The summed E-state index contributed by atoms with van der Waals surface area (Å²) in [6.07, 6.45) is 3.02. The Morgan fingerprint density at radius 2 is 1.91 bits per heavy atom. The van der Waals surface area contributed by atoms with Crippen LogP contribution in [0.4, 0.5) is 0 Å². The van der Waals surface area contributed by atoms with Crippen LogP contribution in [0.2, 0.25) is 0 Å². The molecule has 0 aromatic rings. The molecule has 11 heavy (non-hydrogen) atoms. The van der Waals surface area contributed by atoms with Gasteiger partial charge < -0.3 is 0 Å². The topological polar surface area (TPSA) is 12.4 Å². The lowest BCUT2D eigenvalue weighted by atomic mass is 10.1. The summed E-state index contributed by atoms with van der Waals surface area (Å²) >= 11 is 0. The molecule has 0 saturated carbocycles.